The van der Waals surface area contributed by atoms with Gasteiger partial charge in [-0.25, -0.2) is 4.98 Å². The molecule has 1 aromatic heterocycles. The highest BCUT2D eigenvalue weighted by atomic mass is 79.9. The van der Waals surface area contributed by atoms with E-state index in [1.807, 2.05) is 31.2 Å². The zero-order valence-electron chi connectivity index (χ0n) is 15.2. The summed E-state index contributed by atoms with van der Waals surface area (Å²) in [6, 6.07) is 3.00. The van der Waals surface area contributed by atoms with E-state index >= 15 is 0 Å². The molecular weight excluding hydrogens is 400 g/mol. The number of carbonyl (C=O) groups excluding carboxylic acids is 1. The third kappa shape index (κ3) is 8.29. The molecule has 1 rings (SSSR count). The van der Waals surface area contributed by atoms with E-state index < -0.39 is 8.07 Å². The SMILES string of the molecule is C/C=C(Br)\C=C/CNC(=O)c1nc(C#N)cn1COCC[Si](C)(C)C. The van der Waals surface area contributed by atoms with Crippen LogP contribution in [0.15, 0.2) is 28.9 Å². The van der Waals surface area contributed by atoms with Crippen molar-refractivity contribution < 1.29 is 9.53 Å². The quantitative estimate of drug-likeness (QED) is 0.372. The van der Waals surface area contributed by atoms with Crippen LogP contribution in [-0.4, -0.2) is 36.7 Å². The van der Waals surface area contributed by atoms with Crippen molar-refractivity contribution in [1.29, 1.82) is 5.26 Å². The highest BCUT2D eigenvalue weighted by molar-refractivity contribution is 9.11. The van der Waals surface area contributed by atoms with Gasteiger partial charge in [-0.15, -0.1) is 0 Å². The number of imidazole rings is 1. The maximum Gasteiger partial charge on any atom is 0.287 e. The number of rotatable bonds is 9. The molecular formula is C17H25BrN4O2Si. The second kappa shape index (κ2) is 10.3. The first-order valence-corrected chi connectivity index (χ1v) is 12.6. The van der Waals surface area contributed by atoms with Gasteiger partial charge in [-0.1, -0.05) is 53.8 Å². The molecule has 0 radical (unpaired) electrons. The first-order valence-electron chi connectivity index (χ1n) is 8.08. The number of nitrogens with one attached hydrogen (secondary N) is 1. The van der Waals surface area contributed by atoms with Crippen LogP contribution in [0.4, 0.5) is 0 Å². The molecule has 0 spiro atoms. The van der Waals surface area contributed by atoms with Crippen LogP contribution >= 0.6 is 15.9 Å². The van der Waals surface area contributed by atoms with Crippen molar-refractivity contribution in [3.63, 3.8) is 0 Å². The Hall–Kier alpha value is -1.69. The molecule has 6 nitrogen and oxygen atoms in total. The average Bonchev–Trinajstić information content (AvgIpc) is 2.97. The molecule has 0 unspecified atom stereocenters. The van der Waals surface area contributed by atoms with E-state index in [0.717, 1.165) is 10.5 Å². The lowest BCUT2D eigenvalue weighted by atomic mass is 10.4. The first-order chi connectivity index (χ1) is 11.8. The fourth-order valence-electron chi connectivity index (χ4n) is 1.79. The Bertz CT molecular complexity index is 684. The molecule has 0 aromatic carbocycles. The molecule has 0 fully saturated rings. The predicted octanol–water partition coefficient (Wildman–Crippen LogP) is 3.65. The fraction of sp³-hybridized carbons (Fsp3) is 0.471. The smallest absolute Gasteiger partial charge is 0.287 e. The number of nitriles is 1. The van der Waals surface area contributed by atoms with E-state index in [-0.39, 0.29) is 24.2 Å². The molecule has 0 saturated carbocycles. The Kier molecular flexibility index (Phi) is 8.82. The van der Waals surface area contributed by atoms with Crippen LogP contribution in [0.1, 0.15) is 23.2 Å². The summed E-state index contributed by atoms with van der Waals surface area (Å²) < 4.78 is 8.17. The minimum Gasteiger partial charge on any atom is -0.361 e. The normalized spacial score (nSPS) is 12.4. The minimum absolute atomic E-state index is 0.183. The molecule has 0 aliphatic rings. The van der Waals surface area contributed by atoms with Gasteiger partial charge < -0.3 is 14.6 Å². The number of hydrogen-bond acceptors (Lipinski definition) is 4. The van der Waals surface area contributed by atoms with Crippen LogP contribution < -0.4 is 5.32 Å². The number of aromatic nitrogens is 2. The van der Waals surface area contributed by atoms with E-state index in [0.29, 0.717) is 13.2 Å². The van der Waals surface area contributed by atoms with Crippen molar-refractivity contribution in [2.24, 2.45) is 0 Å². The lowest BCUT2D eigenvalue weighted by molar-refractivity contribution is 0.0785. The van der Waals surface area contributed by atoms with Gasteiger partial charge in [0, 0.05) is 31.9 Å². The monoisotopic (exact) mass is 424 g/mol. The Morgan fingerprint density at radius 3 is 2.84 bits per heavy atom. The average molecular weight is 425 g/mol. The topological polar surface area (TPSA) is 79.9 Å². The zero-order chi connectivity index (χ0) is 18.9. The van der Waals surface area contributed by atoms with Crippen molar-refractivity contribution in [3.8, 4) is 6.07 Å². The maximum atomic E-state index is 12.3. The molecule has 136 valence electrons. The van der Waals surface area contributed by atoms with Crippen molar-refractivity contribution in [1.82, 2.24) is 14.9 Å². The van der Waals surface area contributed by atoms with Crippen LogP contribution in [0.2, 0.25) is 25.7 Å². The van der Waals surface area contributed by atoms with Crippen molar-refractivity contribution >= 4 is 29.9 Å². The number of ether oxygens (including phenoxy) is 1. The van der Waals surface area contributed by atoms with Crippen LogP contribution in [-0.2, 0) is 11.5 Å². The van der Waals surface area contributed by atoms with E-state index in [2.05, 4.69) is 45.9 Å². The molecule has 25 heavy (non-hydrogen) atoms. The van der Waals surface area contributed by atoms with E-state index in [1.165, 1.54) is 6.20 Å². The molecule has 8 heteroatoms. The molecule has 0 aliphatic heterocycles. The van der Waals surface area contributed by atoms with E-state index in [9.17, 15) is 4.79 Å². The molecule has 0 aliphatic carbocycles. The van der Waals surface area contributed by atoms with Gasteiger partial charge in [0.25, 0.3) is 5.91 Å². The lowest BCUT2D eigenvalue weighted by Gasteiger charge is -2.15. The highest BCUT2D eigenvalue weighted by Crippen LogP contribution is 2.09. The molecule has 1 amide bonds. The van der Waals surface area contributed by atoms with Crippen LogP contribution in [0.5, 0.6) is 0 Å². The number of hydrogen-bond donors (Lipinski definition) is 1. The molecule has 0 atom stereocenters. The Labute approximate surface area is 158 Å². The van der Waals surface area contributed by atoms with E-state index in [1.54, 1.807) is 4.57 Å². The number of carbonyl (C=O) groups is 1. The van der Waals surface area contributed by atoms with Crippen LogP contribution in [0.3, 0.4) is 0 Å². The highest BCUT2D eigenvalue weighted by Gasteiger charge is 2.16. The number of amides is 1. The fourth-order valence-corrected chi connectivity index (χ4v) is 2.73. The van der Waals surface area contributed by atoms with Gasteiger partial charge in [0.15, 0.2) is 5.69 Å². The van der Waals surface area contributed by atoms with Gasteiger partial charge in [0.05, 0.1) is 0 Å². The summed E-state index contributed by atoms with van der Waals surface area (Å²) in [5, 5.41) is 11.8. The Morgan fingerprint density at radius 2 is 2.24 bits per heavy atom. The minimum atomic E-state index is -1.16. The summed E-state index contributed by atoms with van der Waals surface area (Å²) in [6.45, 7) is 9.96. The third-order valence-electron chi connectivity index (χ3n) is 3.25. The van der Waals surface area contributed by atoms with Crippen molar-refractivity contribution in [2.45, 2.75) is 39.3 Å². The summed E-state index contributed by atoms with van der Waals surface area (Å²) in [5.74, 6) is -0.153. The lowest BCUT2D eigenvalue weighted by Crippen LogP contribution is -2.27. The van der Waals surface area contributed by atoms with Crippen molar-refractivity contribution in [3.05, 3.63) is 40.4 Å². The number of halogens is 1. The number of allylic oxidation sites excluding steroid dienone is 3. The summed E-state index contributed by atoms with van der Waals surface area (Å²) in [5.41, 5.74) is 0.200. The second-order valence-electron chi connectivity index (χ2n) is 6.67. The third-order valence-corrected chi connectivity index (χ3v) is 5.68. The van der Waals surface area contributed by atoms with Gasteiger partial charge in [0.1, 0.15) is 12.8 Å². The summed E-state index contributed by atoms with van der Waals surface area (Å²) in [7, 11) is -1.16. The summed E-state index contributed by atoms with van der Waals surface area (Å²) in [4.78, 5) is 16.3. The maximum absolute atomic E-state index is 12.3. The van der Waals surface area contributed by atoms with Gasteiger partial charge in [-0.2, -0.15) is 5.26 Å². The first kappa shape index (κ1) is 21.3. The molecule has 1 N–H and O–H groups in total. The van der Waals surface area contributed by atoms with Crippen molar-refractivity contribution in [2.75, 3.05) is 13.2 Å². The molecule has 1 heterocycles. The molecule has 1 aromatic rings. The Balaban J connectivity index is 2.65. The van der Waals surface area contributed by atoms with Gasteiger partial charge in [0.2, 0.25) is 5.82 Å². The largest absolute Gasteiger partial charge is 0.361 e. The standard InChI is InChI=1S/C17H25BrN4O2Si/c1-5-14(18)7-6-8-20-17(23)16-21-15(11-19)12-22(16)13-24-9-10-25(2,3)4/h5-7,12H,8-10,13H2,1-4H3,(H,20,23)/b7-6-,14-5+. The zero-order valence-corrected chi connectivity index (χ0v) is 17.8. The second-order valence-corrected chi connectivity index (χ2v) is 13.2. The van der Waals surface area contributed by atoms with Gasteiger partial charge in [-0.3, -0.25) is 4.79 Å². The predicted molar refractivity (Wildman–Crippen MR) is 105 cm³/mol. The van der Waals surface area contributed by atoms with E-state index in [4.69, 9.17) is 10.00 Å². The van der Waals surface area contributed by atoms with Crippen LogP contribution in [0.25, 0.3) is 0 Å². The number of nitrogens with zero attached hydrogens (tertiary/aromatic N) is 3. The van der Waals surface area contributed by atoms with Gasteiger partial charge in [-0.05, 0) is 13.0 Å². The molecule has 0 saturated heterocycles. The molecule has 0 bridgehead atoms. The summed E-state index contributed by atoms with van der Waals surface area (Å²) in [6.07, 6.45) is 7.12. The Morgan fingerprint density at radius 1 is 1.52 bits per heavy atom. The summed E-state index contributed by atoms with van der Waals surface area (Å²) >= 11 is 3.36. The van der Waals surface area contributed by atoms with Crippen LogP contribution in [0, 0.1) is 11.3 Å². The van der Waals surface area contributed by atoms with Gasteiger partial charge >= 0.3 is 0 Å².